The Morgan fingerprint density at radius 2 is 2.08 bits per heavy atom. The fourth-order valence-electron chi connectivity index (χ4n) is 2.79. The number of carbonyl (C=O) groups is 1. The highest BCUT2D eigenvalue weighted by Gasteiger charge is 2.47. The molecule has 2 rings (SSSR count). The molecular formula is C16H23BrFN3O4S. The van der Waals surface area contributed by atoms with E-state index in [0.29, 0.717) is 0 Å². The molecule has 1 heterocycles. The number of allylic oxidation sites excluding steroid dienone is 3. The van der Waals surface area contributed by atoms with E-state index in [4.69, 9.17) is 4.74 Å². The van der Waals surface area contributed by atoms with Crippen LogP contribution >= 0.6 is 15.9 Å². The molecule has 146 valence electrons. The summed E-state index contributed by atoms with van der Waals surface area (Å²) in [5.41, 5.74) is -2.03. The monoisotopic (exact) mass is 451 g/mol. The van der Waals surface area contributed by atoms with Crippen molar-refractivity contribution in [3.63, 3.8) is 0 Å². The summed E-state index contributed by atoms with van der Waals surface area (Å²) < 4.78 is 46.4. The number of hydrogen-bond donors (Lipinski definition) is 1. The van der Waals surface area contributed by atoms with E-state index in [2.05, 4.69) is 26.2 Å². The summed E-state index contributed by atoms with van der Waals surface area (Å²) >= 11 is 3.33. The van der Waals surface area contributed by atoms with Crippen LogP contribution in [0.5, 0.6) is 0 Å². The van der Waals surface area contributed by atoms with Gasteiger partial charge >= 0.3 is 6.09 Å². The minimum absolute atomic E-state index is 0.188. The van der Waals surface area contributed by atoms with Gasteiger partial charge in [0, 0.05) is 13.0 Å². The van der Waals surface area contributed by atoms with Gasteiger partial charge in [0.05, 0.1) is 11.3 Å². The Balaban J connectivity index is 2.38. The van der Waals surface area contributed by atoms with E-state index in [-0.39, 0.29) is 18.1 Å². The van der Waals surface area contributed by atoms with Crippen LogP contribution in [0.15, 0.2) is 27.5 Å². The highest BCUT2D eigenvalue weighted by molar-refractivity contribution is 9.11. The summed E-state index contributed by atoms with van der Waals surface area (Å²) in [6.45, 7) is 6.63. The number of amides is 1. The summed E-state index contributed by atoms with van der Waals surface area (Å²) in [7, 11) is -2.51. The fraction of sp³-hybridized carbons (Fsp3) is 0.625. The molecule has 0 radical (unpaired) electrons. The van der Waals surface area contributed by atoms with Gasteiger partial charge in [-0.15, -0.1) is 0 Å². The predicted octanol–water partition coefficient (Wildman–Crippen LogP) is 3.05. The number of halogens is 2. The van der Waals surface area contributed by atoms with E-state index in [1.807, 2.05) is 0 Å². The van der Waals surface area contributed by atoms with E-state index in [1.165, 1.54) is 13.1 Å². The lowest BCUT2D eigenvalue weighted by Crippen LogP contribution is -2.57. The second kappa shape index (κ2) is 6.95. The Labute approximate surface area is 161 Å². The first kappa shape index (κ1) is 20.9. The molecule has 26 heavy (non-hydrogen) atoms. The molecule has 7 nitrogen and oxygen atoms in total. The Hall–Kier alpha value is -1.42. The molecule has 0 fully saturated rings. The third-order valence-electron chi connectivity index (χ3n) is 4.07. The third kappa shape index (κ3) is 4.64. The molecule has 0 spiro atoms. The molecule has 0 aromatic rings. The van der Waals surface area contributed by atoms with Crippen LogP contribution < -0.4 is 5.32 Å². The van der Waals surface area contributed by atoms with Gasteiger partial charge < -0.3 is 4.74 Å². The highest BCUT2D eigenvalue weighted by Crippen LogP contribution is 2.41. The molecular weight excluding hydrogens is 429 g/mol. The number of nitrogens with zero attached hydrogens (tertiary/aromatic N) is 2. The lowest BCUT2D eigenvalue weighted by atomic mass is 9.82. The fourth-order valence-corrected chi connectivity index (χ4v) is 4.79. The zero-order chi connectivity index (χ0) is 19.9. The van der Waals surface area contributed by atoms with Gasteiger partial charge in [0.25, 0.3) is 0 Å². The summed E-state index contributed by atoms with van der Waals surface area (Å²) in [6, 6.07) is 0. The van der Waals surface area contributed by atoms with Crippen molar-refractivity contribution in [1.29, 1.82) is 0 Å². The van der Waals surface area contributed by atoms with Crippen LogP contribution in [0.3, 0.4) is 0 Å². The van der Waals surface area contributed by atoms with Crippen molar-refractivity contribution in [2.75, 3.05) is 12.8 Å². The average Bonchev–Trinajstić information content (AvgIpc) is 2.44. The van der Waals surface area contributed by atoms with Gasteiger partial charge in [-0.3, -0.25) is 5.32 Å². The van der Waals surface area contributed by atoms with Gasteiger partial charge in [-0.05, 0) is 50.8 Å². The Morgan fingerprint density at radius 3 is 2.65 bits per heavy atom. The van der Waals surface area contributed by atoms with Gasteiger partial charge in [0.2, 0.25) is 16.0 Å². The van der Waals surface area contributed by atoms with E-state index in [1.54, 1.807) is 33.8 Å². The quantitative estimate of drug-likeness (QED) is 0.663. The third-order valence-corrected chi connectivity index (χ3v) is 6.62. The standard InChI is InChI=1S/C16H23BrFN3O4S/c1-15(2,3)25-14(22)19-13-20-16(4,9-26(23,24)21(13)5)11-8-10(17)6-7-12(11)18/h6-7,11H,8-9H2,1-5H3,(H,19,20,22)/t11?,16-/m0/s1. The lowest BCUT2D eigenvalue weighted by molar-refractivity contribution is 0.0559. The number of rotatable bonds is 1. The maximum absolute atomic E-state index is 14.4. The van der Waals surface area contributed by atoms with Crippen LogP contribution in [-0.2, 0) is 14.8 Å². The van der Waals surface area contributed by atoms with E-state index >= 15 is 0 Å². The summed E-state index contributed by atoms with van der Waals surface area (Å²) in [6.07, 6.45) is 2.33. The first-order chi connectivity index (χ1) is 11.7. The van der Waals surface area contributed by atoms with Crippen molar-refractivity contribution < 1.29 is 22.3 Å². The molecule has 0 aromatic heterocycles. The summed E-state index contributed by atoms with van der Waals surface area (Å²) in [4.78, 5) is 16.4. The Morgan fingerprint density at radius 1 is 1.46 bits per heavy atom. The van der Waals surface area contributed by atoms with Crippen LogP contribution in [0.25, 0.3) is 0 Å². The molecule has 1 aliphatic carbocycles. The lowest BCUT2D eigenvalue weighted by Gasteiger charge is -2.40. The molecule has 2 atom stereocenters. The van der Waals surface area contributed by atoms with E-state index < -0.39 is 39.0 Å². The van der Waals surface area contributed by atoms with Gasteiger partial charge in [-0.1, -0.05) is 15.9 Å². The molecule has 0 bridgehead atoms. The Kier molecular flexibility index (Phi) is 5.59. The van der Waals surface area contributed by atoms with Crippen LogP contribution in [0.1, 0.15) is 34.1 Å². The van der Waals surface area contributed by atoms with Crippen LogP contribution in [-0.4, -0.2) is 48.7 Å². The molecule has 1 amide bonds. The number of hydrogen-bond acceptors (Lipinski definition) is 5. The topological polar surface area (TPSA) is 88.1 Å². The number of carbonyl (C=O) groups excluding carboxylic acids is 1. The van der Waals surface area contributed by atoms with Gasteiger partial charge in [-0.2, -0.15) is 0 Å². The summed E-state index contributed by atoms with van der Waals surface area (Å²) in [5, 5.41) is 2.37. The normalized spacial score (nSPS) is 28.7. The average molecular weight is 452 g/mol. The molecule has 0 saturated heterocycles. The molecule has 1 aliphatic heterocycles. The molecule has 10 heteroatoms. The van der Waals surface area contributed by atoms with Crippen LogP contribution in [0, 0.1) is 5.92 Å². The van der Waals surface area contributed by atoms with E-state index in [0.717, 1.165) is 8.79 Å². The molecule has 0 aromatic carbocycles. The Bertz CT molecular complexity index is 801. The first-order valence-corrected chi connectivity index (χ1v) is 10.4. The van der Waals surface area contributed by atoms with Crippen molar-refractivity contribution >= 4 is 38.0 Å². The van der Waals surface area contributed by atoms with Gasteiger partial charge in [-0.25, -0.2) is 26.9 Å². The zero-order valence-electron chi connectivity index (χ0n) is 15.3. The smallest absolute Gasteiger partial charge is 0.414 e. The number of aliphatic imine (C=N–C) groups is 1. The summed E-state index contributed by atoms with van der Waals surface area (Å²) in [5.74, 6) is -1.77. The SMILES string of the molecule is CN1C(NC(=O)OC(C)(C)C)=N[C@](C)(C2CC(Br)=CC=C2F)CS1(=O)=O. The van der Waals surface area contributed by atoms with Gasteiger partial charge in [0.1, 0.15) is 11.4 Å². The molecule has 1 unspecified atom stereocenters. The van der Waals surface area contributed by atoms with Crippen molar-refractivity contribution in [3.05, 3.63) is 22.5 Å². The number of nitrogens with one attached hydrogen (secondary N) is 1. The maximum Gasteiger partial charge on any atom is 0.414 e. The second-order valence-electron chi connectivity index (χ2n) is 7.56. The van der Waals surface area contributed by atoms with Crippen LogP contribution in [0.2, 0.25) is 0 Å². The molecule has 0 saturated carbocycles. The largest absolute Gasteiger partial charge is 0.444 e. The minimum Gasteiger partial charge on any atom is -0.444 e. The molecule has 2 aliphatic rings. The van der Waals surface area contributed by atoms with Crippen molar-refractivity contribution in [2.24, 2.45) is 10.9 Å². The van der Waals surface area contributed by atoms with E-state index in [9.17, 15) is 17.6 Å². The number of guanidine groups is 1. The number of sulfonamides is 1. The number of alkyl carbamates (subject to hydrolysis) is 1. The van der Waals surface area contributed by atoms with Crippen molar-refractivity contribution in [2.45, 2.75) is 45.3 Å². The predicted molar refractivity (Wildman–Crippen MR) is 101 cm³/mol. The number of ether oxygens (including phenoxy) is 1. The van der Waals surface area contributed by atoms with Crippen molar-refractivity contribution in [3.8, 4) is 0 Å². The second-order valence-corrected chi connectivity index (χ2v) is 10.6. The highest BCUT2D eigenvalue weighted by atomic mass is 79.9. The minimum atomic E-state index is -3.79. The van der Waals surface area contributed by atoms with Crippen molar-refractivity contribution in [1.82, 2.24) is 9.62 Å². The van der Waals surface area contributed by atoms with Gasteiger partial charge in [0.15, 0.2) is 0 Å². The molecule has 1 N–H and O–H groups in total. The zero-order valence-corrected chi connectivity index (χ0v) is 17.7. The first-order valence-electron chi connectivity index (χ1n) is 8.02. The van der Waals surface area contributed by atoms with Crippen LogP contribution in [0.4, 0.5) is 9.18 Å². The maximum atomic E-state index is 14.4.